The van der Waals surface area contributed by atoms with Crippen molar-refractivity contribution in [2.75, 3.05) is 11.9 Å². The lowest BCUT2D eigenvalue weighted by molar-refractivity contribution is -0.143. The molecular weight excluding hydrogens is 466 g/mol. The number of carbonyl (C=O) groups is 3. The molecule has 9 heteroatoms. The average molecular weight is 490 g/mol. The van der Waals surface area contributed by atoms with E-state index in [9.17, 15) is 19.5 Å². The van der Waals surface area contributed by atoms with E-state index in [0.717, 1.165) is 33.6 Å². The van der Waals surface area contributed by atoms with Crippen LogP contribution in [0.3, 0.4) is 0 Å². The van der Waals surface area contributed by atoms with Crippen molar-refractivity contribution < 1.29 is 24.2 Å². The summed E-state index contributed by atoms with van der Waals surface area (Å²) in [5.41, 5.74) is 4.10. The molecule has 1 heterocycles. The summed E-state index contributed by atoms with van der Waals surface area (Å²) in [6.07, 6.45) is 1.19. The first kappa shape index (κ1) is 21.8. The molecule has 35 heavy (non-hydrogen) atoms. The van der Waals surface area contributed by atoms with Crippen LogP contribution < -0.4 is 10.6 Å². The molecule has 0 bridgehead atoms. The summed E-state index contributed by atoms with van der Waals surface area (Å²) in [5.74, 6) is -1.04. The highest BCUT2D eigenvalue weighted by molar-refractivity contribution is 7.14. The molecule has 2 amide bonds. The Morgan fingerprint density at radius 1 is 1.06 bits per heavy atom. The number of nitrogens with zero attached hydrogens (tertiary/aromatic N) is 1. The number of nitrogens with one attached hydrogen (secondary N) is 2. The van der Waals surface area contributed by atoms with Gasteiger partial charge < -0.3 is 15.2 Å². The lowest BCUT2D eigenvalue weighted by Crippen LogP contribution is -2.35. The molecule has 3 aromatic rings. The maximum absolute atomic E-state index is 12.6. The van der Waals surface area contributed by atoms with Crippen molar-refractivity contribution in [1.29, 1.82) is 0 Å². The fourth-order valence-electron chi connectivity index (χ4n) is 5.68. The molecule has 3 unspecified atom stereocenters. The number of hydrogen-bond acceptors (Lipinski definition) is 6. The number of carbonyl (C=O) groups excluding carboxylic acids is 2. The van der Waals surface area contributed by atoms with E-state index < -0.39 is 17.5 Å². The third-order valence-corrected chi connectivity index (χ3v) is 8.22. The molecule has 6 rings (SSSR count). The quantitative estimate of drug-likeness (QED) is 0.470. The van der Waals surface area contributed by atoms with Gasteiger partial charge in [-0.1, -0.05) is 48.5 Å². The molecule has 178 valence electrons. The molecule has 1 aromatic heterocycles. The van der Waals surface area contributed by atoms with E-state index in [1.54, 1.807) is 5.38 Å². The molecule has 0 aliphatic heterocycles. The zero-order chi connectivity index (χ0) is 24.2. The SMILES string of the molecule is O=C(Nc1nc(C(=O)NC2CC3CC3(C(=O)O)C2)cs1)OCC1c2ccccc2-c2ccccc21. The van der Waals surface area contributed by atoms with E-state index in [2.05, 4.69) is 39.9 Å². The average Bonchev–Trinajstić information content (AvgIpc) is 3.17. The van der Waals surface area contributed by atoms with Crippen LogP contribution >= 0.6 is 11.3 Å². The van der Waals surface area contributed by atoms with Gasteiger partial charge in [0.1, 0.15) is 12.3 Å². The minimum atomic E-state index is -0.775. The smallest absolute Gasteiger partial charge is 0.413 e. The van der Waals surface area contributed by atoms with Crippen LogP contribution in [-0.4, -0.2) is 40.7 Å². The summed E-state index contributed by atoms with van der Waals surface area (Å²) in [6.45, 7) is 0.187. The van der Waals surface area contributed by atoms with Crippen molar-refractivity contribution >= 4 is 34.4 Å². The third kappa shape index (κ3) is 3.76. The number of carboxylic acid groups (broad SMARTS) is 1. The zero-order valence-electron chi connectivity index (χ0n) is 18.7. The standard InChI is InChI=1S/C26H23N3O5S/c30-22(27-15-9-14-10-26(14,11-15)23(31)32)21-13-35-24(28-21)29-25(33)34-12-20-18-7-3-1-5-16(18)17-6-2-4-8-19(17)20/h1-8,13-15,20H,9-12H2,(H,27,30)(H,31,32)(H,28,29,33). The second-order valence-corrected chi connectivity index (χ2v) is 10.3. The Hall–Kier alpha value is -3.72. The number of amides is 2. The van der Waals surface area contributed by atoms with E-state index in [1.165, 1.54) is 0 Å². The lowest BCUT2D eigenvalue weighted by Gasteiger charge is -2.15. The van der Waals surface area contributed by atoms with Crippen molar-refractivity contribution in [3.05, 3.63) is 70.7 Å². The number of thiazole rings is 1. The molecule has 0 radical (unpaired) electrons. The number of aromatic nitrogens is 1. The maximum atomic E-state index is 12.6. The van der Waals surface area contributed by atoms with Gasteiger partial charge in [-0.25, -0.2) is 9.78 Å². The number of benzene rings is 2. The van der Waals surface area contributed by atoms with E-state index in [1.807, 2.05) is 24.3 Å². The Kier molecular flexibility index (Phi) is 5.10. The second kappa shape index (κ2) is 8.20. The van der Waals surface area contributed by atoms with Gasteiger partial charge in [-0.3, -0.25) is 14.9 Å². The van der Waals surface area contributed by atoms with Crippen molar-refractivity contribution in [2.24, 2.45) is 11.3 Å². The normalized spacial score (nSPS) is 23.7. The zero-order valence-corrected chi connectivity index (χ0v) is 19.5. The minimum absolute atomic E-state index is 0.0440. The van der Waals surface area contributed by atoms with Crippen LogP contribution in [-0.2, 0) is 9.53 Å². The van der Waals surface area contributed by atoms with Gasteiger partial charge in [0.2, 0.25) is 0 Å². The molecule has 3 aliphatic carbocycles. The van der Waals surface area contributed by atoms with Crippen molar-refractivity contribution in [2.45, 2.75) is 31.2 Å². The van der Waals surface area contributed by atoms with E-state index >= 15 is 0 Å². The first-order chi connectivity index (χ1) is 16.9. The third-order valence-electron chi connectivity index (χ3n) is 7.46. The van der Waals surface area contributed by atoms with Gasteiger partial charge >= 0.3 is 12.1 Å². The Morgan fingerprint density at radius 2 is 1.74 bits per heavy atom. The van der Waals surface area contributed by atoms with Gasteiger partial charge in [0, 0.05) is 17.3 Å². The molecular formula is C26H23N3O5S. The van der Waals surface area contributed by atoms with Crippen LogP contribution in [0.2, 0.25) is 0 Å². The molecule has 8 nitrogen and oxygen atoms in total. The number of ether oxygens (including phenoxy) is 1. The van der Waals surface area contributed by atoms with Gasteiger partial charge in [-0.15, -0.1) is 11.3 Å². The highest BCUT2D eigenvalue weighted by atomic mass is 32.1. The van der Waals surface area contributed by atoms with Crippen LogP contribution in [0.5, 0.6) is 0 Å². The number of hydrogen-bond donors (Lipinski definition) is 3. The predicted octanol–water partition coefficient (Wildman–Crippen LogP) is 4.49. The maximum Gasteiger partial charge on any atom is 0.413 e. The molecule has 0 saturated heterocycles. The first-order valence-electron chi connectivity index (χ1n) is 11.6. The van der Waals surface area contributed by atoms with Crippen LogP contribution in [0.1, 0.15) is 46.8 Å². The summed E-state index contributed by atoms with van der Waals surface area (Å²) in [6, 6.07) is 16.1. The van der Waals surface area contributed by atoms with Gasteiger partial charge in [0.15, 0.2) is 5.13 Å². The molecule has 2 saturated carbocycles. The number of anilines is 1. The van der Waals surface area contributed by atoms with Crippen LogP contribution in [0.25, 0.3) is 11.1 Å². The van der Waals surface area contributed by atoms with E-state index in [0.29, 0.717) is 19.3 Å². The summed E-state index contributed by atoms with van der Waals surface area (Å²) in [5, 5.41) is 16.7. The van der Waals surface area contributed by atoms with Gasteiger partial charge in [0.05, 0.1) is 5.41 Å². The highest BCUT2D eigenvalue weighted by Crippen LogP contribution is 2.63. The lowest BCUT2D eigenvalue weighted by atomic mass is 9.98. The first-order valence-corrected chi connectivity index (χ1v) is 12.4. The number of aliphatic carboxylic acids is 1. The van der Waals surface area contributed by atoms with Crippen LogP contribution in [0.4, 0.5) is 9.93 Å². The van der Waals surface area contributed by atoms with Crippen molar-refractivity contribution in [3.8, 4) is 11.1 Å². The Bertz CT molecular complexity index is 1310. The second-order valence-electron chi connectivity index (χ2n) is 9.46. The van der Waals surface area contributed by atoms with Gasteiger partial charge in [0.25, 0.3) is 5.91 Å². The summed E-state index contributed by atoms with van der Waals surface area (Å²) in [7, 11) is 0. The number of fused-ring (bicyclic) bond motifs is 4. The van der Waals surface area contributed by atoms with Crippen LogP contribution in [0, 0.1) is 11.3 Å². The molecule has 2 aromatic carbocycles. The highest BCUT2D eigenvalue weighted by Gasteiger charge is 2.65. The fraction of sp³-hybridized carbons (Fsp3) is 0.308. The largest absolute Gasteiger partial charge is 0.481 e. The molecule has 3 aliphatic rings. The Labute approximate surface area is 205 Å². The van der Waals surface area contributed by atoms with E-state index in [-0.39, 0.29) is 41.2 Å². The number of carboxylic acids is 1. The molecule has 3 atom stereocenters. The summed E-state index contributed by atoms with van der Waals surface area (Å²) < 4.78 is 5.53. The Morgan fingerprint density at radius 3 is 2.40 bits per heavy atom. The molecule has 0 spiro atoms. The van der Waals surface area contributed by atoms with Gasteiger partial charge in [-0.05, 0) is 47.4 Å². The van der Waals surface area contributed by atoms with Crippen molar-refractivity contribution in [3.63, 3.8) is 0 Å². The predicted molar refractivity (Wildman–Crippen MR) is 129 cm³/mol. The summed E-state index contributed by atoms with van der Waals surface area (Å²) >= 11 is 1.13. The fourth-order valence-corrected chi connectivity index (χ4v) is 6.36. The topological polar surface area (TPSA) is 118 Å². The van der Waals surface area contributed by atoms with E-state index in [4.69, 9.17) is 4.74 Å². The molecule has 3 N–H and O–H groups in total. The van der Waals surface area contributed by atoms with Gasteiger partial charge in [-0.2, -0.15) is 0 Å². The summed E-state index contributed by atoms with van der Waals surface area (Å²) in [4.78, 5) is 40.7. The number of rotatable bonds is 6. The van der Waals surface area contributed by atoms with Crippen LogP contribution in [0.15, 0.2) is 53.9 Å². The Balaban J connectivity index is 1.05. The molecule has 2 fully saturated rings. The monoisotopic (exact) mass is 489 g/mol. The minimum Gasteiger partial charge on any atom is -0.481 e. The van der Waals surface area contributed by atoms with Crippen molar-refractivity contribution in [1.82, 2.24) is 10.3 Å².